The molecule has 0 amide bonds. The number of hydrogen-bond donors (Lipinski definition) is 1. The number of rotatable bonds is 7. The fourth-order valence-corrected chi connectivity index (χ4v) is 3.37. The normalized spacial score (nSPS) is 13.3. The van der Waals surface area contributed by atoms with Crippen LogP contribution in [0.25, 0.3) is 11.0 Å². The van der Waals surface area contributed by atoms with Gasteiger partial charge in [0, 0.05) is 11.1 Å². The molecule has 19 heavy (non-hydrogen) atoms. The number of hydrogen-bond acceptors (Lipinski definition) is 3. The number of furan rings is 1. The Labute approximate surface area is 119 Å². The molecule has 1 aromatic heterocycles. The average molecular weight is 277 g/mol. The van der Waals surface area contributed by atoms with E-state index in [1.807, 2.05) is 37.0 Å². The van der Waals surface area contributed by atoms with Gasteiger partial charge < -0.3 is 9.73 Å². The zero-order chi connectivity index (χ0) is 13.7. The second kappa shape index (κ2) is 7.01. The molecule has 1 atom stereocenters. The molecule has 1 aromatic carbocycles. The van der Waals surface area contributed by atoms with E-state index in [1.165, 1.54) is 17.6 Å². The van der Waals surface area contributed by atoms with Crippen LogP contribution >= 0.6 is 11.8 Å². The van der Waals surface area contributed by atoms with Gasteiger partial charge in [-0.3, -0.25) is 0 Å². The van der Waals surface area contributed by atoms with Crippen molar-refractivity contribution in [1.29, 1.82) is 0 Å². The highest BCUT2D eigenvalue weighted by atomic mass is 32.2. The monoisotopic (exact) mass is 277 g/mol. The first-order valence-corrected chi connectivity index (χ1v) is 8.09. The third kappa shape index (κ3) is 4.02. The molecule has 0 bridgehead atoms. The second-order valence-electron chi connectivity index (χ2n) is 5.29. The fourth-order valence-electron chi connectivity index (χ4n) is 2.00. The quantitative estimate of drug-likeness (QED) is 0.756. The van der Waals surface area contributed by atoms with Crippen LogP contribution in [0.3, 0.4) is 0 Å². The maximum absolute atomic E-state index is 5.92. The van der Waals surface area contributed by atoms with E-state index in [2.05, 4.69) is 31.3 Å². The van der Waals surface area contributed by atoms with Crippen molar-refractivity contribution in [1.82, 2.24) is 5.32 Å². The lowest BCUT2D eigenvalue weighted by atomic mass is 10.2. The highest BCUT2D eigenvalue weighted by Crippen LogP contribution is 2.26. The number of nitrogens with one attached hydrogen (secondary N) is 1. The van der Waals surface area contributed by atoms with Gasteiger partial charge in [-0.05, 0) is 37.3 Å². The van der Waals surface area contributed by atoms with Crippen LogP contribution < -0.4 is 5.32 Å². The van der Waals surface area contributed by atoms with E-state index >= 15 is 0 Å². The molecule has 0 aliphatic heterocycles. The van der Waals surface area contributed by atoms with E-state index in [-0.39, 0.29) is 0 Å². The summed E-state index contributed by atoms with van der Waals surface area (Å²) >= 11 is 2.00. The molecule has 104 valence electrons. The molecule has 2 aromatic rings. The molecule has 1 heterocycles. The Morgan fingerprint density at radius 3 is 2.74 bits per heavy atom. The van der Waals surface area contributed by atoms with Crippen molar-refractivity contribution in [3.63, 3.8) is 0 Å². The maximum atomic E-state index is 5.92. The Balaban J connectivity index is 1.96. The van der Waals surface area contributed by atoms with Crippen LogP contribution in [-0.2, 0) is 0 Å². The van der Waals surface area contributed by atoms with E-state index in [1.54, 1.807) is 0 Å². The second-order valence-corrected chi connectivity index (χ2v) is 6.44. The highest BCUT2D eigenvalue weighted by Gasteiger charge is 2.14. The molecule has 0 radical (unpaired) electrons. The fraction of sp³-hybridized carbons (Fsp3) is 0.500. The predicted octanol–water partition coefficient (Wildman–Crippen LogP) is 4.47. The summed E-state index contributed by atoms with van der Waals surface area (Å²) in [4.78, 5) is 0. The molecule has 1 unspecified atom stereocenters. The number of fused-ring (bicyclic) bond motifs is 1. The number of thioether (sulfide) groups is 1. The Morgan fingerprint density at radius 2 is 2.05 bits per heavy atom. The van der Waals surface area contributed by atoms with Crippen LogP contribution in [0.1, 0.15) is 32.1 Å². The van der Waals surface area contributed by atoms with Gasteiger partial charge in [-0.1, -0.05) is 32.0 Å². The smallest absolute Gasteiger partial charge is 0.134 e. The Hall–Kier alpha value is -0.930. The van der Waals surface area contributed by atoms with E-state index in [9.17, 15) is 0 Å². The van der Waals surface area contributed by atoms with Gasteiger partial charge in [-0.2, -0.15) is 11.8 Å². The lowest BCUT2D eigenvalue weighted by Gasteiger charge is -2.13. The van der Waals surface area contributed by atoms with Gasteiger partial charge in [0.05, 0.1) is 6.04 Å². The Kier molecular flexibility index (Phi) is 5.34. The summed E-state index contributed by atoms with van der Waals surface area (Å²) in [6.07, 6.45) is 1.28. The van der Waals surface area contributed by atoms with E-state index in [0.717, 1.165) is 23.0 Å². The SMILES string of the molecule is CNC(CSCCC(C)C)c1cc2ccccc2o1. The minimum Gasteiger partial charge on any atom is -0.459 e. The van der Waals surface area contributed by atoms with Crippen molar-refractivity contribution in [2.24, 2.45) is 5.92 Å². The van der Waals surface area contributed by atoms with Crippen LogP contribution in [0, 0.1) is 5.92 Å². The van der Waals surface area contributed by atoms with E-state index < -0.39 is 0 Å². The van der Waals surface area contributed by atoms with Gasteiger partial charge in [0.15, 0.2) is 0 Å². The molecule has 0 aliphatic rings. The van der Waals surface area contributed by atoms with Crippen LogP contribution in [0.2, 0.25) is 0 Å². The van der Waals surface area contributed by atoms with Crippen molar-refractivity contribution in [3.8, 4) is 0 Å². The molecule has 0 fully saturated rings. The first-order chi connectivity index (χ1) is 9.20. The van der Waals surface area contributed by atoms with E-state index in [4.69, 9.17) is 4.42 Å². The van der Waals surface area contributed by atoms with Crippen molar-refractivity contribution >= 4 is 22.7 Å². The molecule has 0 saturated carbocycles. The van der Waals surface area contributed by atoms with Crippen molar-refractivity contribution in [2.75, 3.05) is 18.6 Å². The molecule has 1 N–H and O–H groups in total. The summed E-state index contributed by atoms with van der Waals surface area (Å²) < 4.78 is 5.92. The molecular formula is C16H23NOS. The lowest BCUT2D eigenvalue weighted by Crippen LogP contribution is -2.18. The lowest BCUT2D eigenvalue weighted by molar-refractivity contribution is 0.479. The van der Waals surface area contributed by atoms with Gasteiger partial charge in [0.1, 0.15) is 11.3 Å². The van der Waals surface area contributed by atoms with Gasteiger partial charge in [0.25, 0.3) is 0 Å². The highest BCUT2D eigenvalue weighted by molar-refractivity contribution is 7.99. The molecule has 2 nitrogen and oxygen atoms in total. The van der Waals surface area contributed by atoms with Crippen LogP contribution in [-0.4, -0.2) is 18.6 Å². The zero-order valence-electron chi connectivity index (χ0n) is 12.0. The van der Waals surface area contributed by atoms with Crippen molar-refractivity contribution < 1.29 is 4.42 Å². The first-order valence-electron chi connectivity index (χ1n) is 6.94. The third-order valence-electron chi connectivity index (χ3n) is 3.26. The van der Waals surface area contributed by atoms with Crippen LogP contribution in [0.4, 0.5) is 0 Å². The molecule has 0 saturated heterocycles. The Morgan fingerprint density at radius 1 is 1.26 bits per heavy atom. The van der Waals surface area contributed by atoms with Crippen LogP contribution in [0.15, 0.2) is 34.7 Å². The summed E-state index contributed by atoms with van der Waals surface area (Å²) in [5, 5.41) is 4.54. The topological polar surface area (TPSA) is 25.2 Å². The van der Waals surface area contributed by atoms with E-state index in [0.29, 0.717) is 6.04 Å². The standard InChI is InChI=1S/C16H23NOS/c1-12(2)8-9-19-11-14(17-3)16-10-13-6-4-5-7-15(13)18-16/h4-7,10,12,14,17H,8-9,11H2,1-3H3. The summed E-state index contributed by atoms with van der Waals surface area (Å²) in [5.74, 6) is 4.10. The third-order valence-corrected chi connectivity index (χ3v) is 4.35. The molecule has 2 rings (SSSR count). The predicted molar refractivity (Wildman–Crippen MR) is 84.8 cm³/mol. The largest absolute Gasteiger partial charge is 0.459 e. The summed E-state index contributed by atoms with van der Waals surface area (Å²) in [6, 6.07) is 10.6. The van der Waals surface area contributed by atoms with Gasteiger partial charge in [-0.15, -0.1) is 0 Å². The minimum absolute atomic E-state index is 0.296. The Bertz CT molecular complexity index is 473. The minimum atomic E-state index is 0.296. The first kappa shape index (κ1) is 14.5. The van der Waals surface area contributed by atoms with Crippen LogP contribution in [0.5, 0.6) is 0 Å². The average Bonchev–Trinajstić information content (AvgIpc) is 2.82. The molecule has 3 heteroatoms. The van der Waals surface area contributed by atoms with Crippen molar-refractivity contribution in [3.05, 3.63) is 36.1 Å². The van der Waals surface area contributed by atoms with Gasteiger partial charge in [0.2, 0.25) is 0 Å². The van der Waals surface area contributed by atoms with Crippen molar-refractivity contribution in [2.45, 2.75) is 26.3 Å². The van der Waals surface area contributed by atoms with Gasteiger partial charge >= 0.3 is 0 Å². The zero-order valence-corrected chi connectivity index (χ0v) is 12.8. The maximum Gasteiger partial charge on any atom is 0.134 e. The number of para-hydroxylation sites is 1. The summed E-state index contributed by atoms with van der Waals surface area (Å²) in [5.41, 5.74) is 0.977. The summed E-state index contributed by atoms with van der Waals surface area (Å²) in [7, 11) is 2.00. The number of benzene rings is 1. The molecule has 0 aliphatic carbocycles. The molecular weight excluding hydrogens is 254 g/mol. The molecule has 0 spiro atoms. The van der Waals surface area contributed by atoms with Gasteiger partial charge in [-0.25, -0.2) is 0 Å². The summed E-state index contributed by atoms with van der Waals surface area (Å²) in [6.45, 7) is 4.55.